The molecule has 0 aliphatic rings. The number of hydrogen-bond donors (Lipinski definition) is 1. The first-order valence-electron chi connectivity index (χ1n) is 7.06. The normalized spacial score (nSPS) is 14.5. The van der Waals surface area contributed by atoms with Crippen LogP contribution in [0.2, 0.25) is 0 Å². The van der Waals surface area contributed by atoms with Crippen molar-refractivity contribution in [2.24, 2.45) is 0 Å². The predicted octanol–water partition coefficient (Wildman–Crippen LogP) is 4.16. The van der Waals surface area contributed by atoms with E-state index in [1.807, 2.05) is 22.2 Å². The van der Waals surface area contributed by atoms with Gasteiger partial charge in [-0.15, -0.1) is 11.3 Å². The summed E-state index contributed by atoms with van der Waals surface area (Å²) in [6.45, 7) is 7.49. The maximum atomic E-state index is 4.35. The van der Waals surface area contributed by atoms with Crippen molar-refractivity contribution in [2.75, 3.05) is 0 Å². The number of nitrogens with one attached hydrogen (secondary N) is 1. The van der Waals surface area contributed by atoms with Crippen molar-refractivity contribution in [3.8, 4) is 0 Å². The molecule has 2 aromatic heterocycles. The quantitative estimate of drug-likeness (QED) is 0.823. The lowest BCUT2D eigenvalue weighted by molar-refractivity contribution is 0.444. The zero-order chi connectivity index (χ0) is 13.7. The van der Waals surface area contributed by atoms with Crippen molar-refractivity contribution < 1.29 is 0 Å². The van der Waals surface area contributed by atoms with Gasteiger partial charge in [-0.1, -0.05) is 19.4 Å². The van der Waals surface area contributed by atoms with E-state index in [-0.39, 0.29) is 0 Å². The van der Waals surface area contributed by atoms with Gasteiger partial charge in [-0.2, -0.15) is 5.10 Å². The molecule has 4 heteroatoms. The number of hydrogen-bond acceptors (Lipinski definition) is 3. The molecule has 0 aliphatic carbocycles. The first kappa shape index (κ1) is 14.3. The Morgan fingerprint density at radius 1 is 1.42 bits per heavy atom. The van der Waals surface area contributed by atoms with Gasteiger partial charge in [-0.25, -0.2) is 0 Å². The second-order valence-electron chi connectivity index (χ2n) is 4.87. The van der Waals surface area contributed by atoms with Crippen molar-refractivity contribution in [3.63, 3.8) is 0 Å². The summed E-state index contributed by atoms with van der Waals surface area (Å²) in [4.78, 5) is 1.43. The summed E-state index contributed by atoms with van der Waals surface area (Å²) >= 11 is 1.83. The van der Waals surface area contributed by atoms with Crippen LogP contribution >= 0.6 is 11.3 Å². The van der Waals surface area contributed by atoms with Crippen molar-refractivity contribution in [3.05, 3.63) is 40.3 Å². The predicted molar refractivity (Wildman–Crippen MR) is 81.4 cm³/mol. The highest BCUT2D eigenvalue weighted by atomic mass is 32.1. The van der Waals surface area contributed by atoms with E-state index in [1.165, 1.54) is 23.3 Å². The van der Waals surface area contributed by atoms with Crippen LogP contribution in [0.15, 0.2) is 29.9 Å². The minimum atomic E-state index is 0.332. The molecule has 0 saturated heterocycles. The Hall–Kier alpha value is -1.13. The topological polar surface area (TPSA) is 29.9 Å². The van der Waals surface area contributed by atoms with Gasteiger partial charge in [0, 0.05) is 35.3 Å². The first-order valence-corrected chi connectivity index (χ1v) is 7.94. The molecule has 104 valence electrons. The number of rotatable bonds is 7. The molecule has 2 atom stereocenters. The molecule has 2 aromatic rings. The third kappa shape index (κ3) is 3.67. The second-order valence-corrected chi connectivity index (χ2v) is 5.85. The molecule has 0 radical (unpaired) electrons. The fraction of sp³-hybridized carbons (Fsp3) is 0.533. The van der Waals surface area contributed by atoms with E-state index in [2.05, 4.69) is 54.9 Å². The van der Waals surface area contributed by atoms with Crippen molar-refractivity contribution in [1.29, 1.82) is 0 Å². The molecule has 0 fully saturated rings. The van der Waals surface area contributed by atoms with Gasteiger partial charge in [-0.05, 0) is 31.7 Å². The van der Waals surface area contributed by atoms with Crippen molar-refractivity contribution >= 4 is 11.3 Å². The lowest BCUT2D eigenvalue weighted by Crippen LogP contribution is -2.23. The number of nitrogens with zero attached hydrogens (tertiary/aromatic N) is 2. The Bertz CT molecular complexity index is 475. The molecule has 19 heavy (non-hydrogen) atoms. The average Bonchev–Trinajstić information content (AvgIpc) is 3.09. The minimum Gasteiger partial charge on any atom is -0.302 e. The van der Waals surface area contributed by atoms with Crippen LogP contribution in [0.4, 0.5) is 0 Å². The molecule has 0 aliphatic heterocycles. The summed E-state index contributed by atoms with van der Waals surface area (Å²) in [7, 11) is 0. The molecule has 0 bridgehead atoms. The highest BCUT2D eigenvalue weighted by molar-refractivity contribution is 7.10. The summed E-state index contributed by atoms with van der Waals surface area (Å²) in [5.74, 6) is 0. The minimum absolute atomic E-state index is 0.332. The molecule has 0 spiro atoms. The third-order valence-electron chi connectivity index (χ3n) is 3.39. The molecule has 0 saturated carbocycles. The van der Waals surface area contributed by atoms with E-state index in [0.29, 0.717) is 12.1 Å². The highest BCUT2D eigenvalue weighted by Gasteiger charge is 2.16. The lowest BCUT2D eigenvalue weighted by Gasteiger charge is -2.21. The highest BCUT2D eigenvalue weighted by Crippen LogP contribution is 2.26. The monoisotopic (exact) mass is 277 g/mol. The van der Waals surface area contributed by atoms with Crippen LogP contribution in [0, 0.1) is 0 Å². The zero-order valence-electron chi connectivity index (χ0n) is 12.0. The average molecular weight is 277 g/mol. The Balaban J connectivity index is 2.04. The third-order valence-corrected chi connectivity index (χ3v) is 4.38. The first-order chi connectivity index (χ1) is 9.24. The molecular weight excluding hydrogens is 254 g/mol. The SMILES string of the molecule is CCCC(NC(C)c1cnn(CC)c1)c1cccs1. The molecule has 2 unspecified atom stereocenters. The van der Waals surface area contributed by atoms with Crippen molar-refractivity contribution in [2.45, 2.75) is 52.2 Å². The van der Waals surface area contributed by atoms with Crippen molar-refractivity contribution in [1.82, 2.24) is 15.1 Å². The van der Waals surface area contributed by atoms with Gasteiger partial charge in [0.25, 0.3) is 0 Å². The molecule has 1 N–H and O–H groups in total. The van der Waals surface area contributed by atoms with Gasteiger partial charge in [0.15, 0.2) is 0 Å². The van der Waals surface area contributed by atoms with E-state index in [9.17, 15) is 0 Å². The van der Waals surface area contributed by atoms with E-state index >= 15 is 0 Å². The van der Waals surface area contributed by atoms with Gasteiger partial charge < -0.3 is 5.32 Å². The van der Waals surface area contributed by atoms with Gasteiger partial charge in [0.05, 0.1) is 6.20 Å². The number of aryl methyl sites for hydroxylation is 1. The van der Waals surface area contributed by atoms with E-state index in [4.69, 9.17) is 0 Å². The zero-order valence-corrected chi connectivity index (χ0v) is 12.8. The molecule has 2 rings (SSSR count). The van der Waals surface area contributed by atoms with Crippen LogP contribution in [0.25, 0.3) is 0 Å². The maximum absolute atomic E-state index is 4.35. The fourth-order valence-corrected chi connectivity index (χ4v) is 3.08. The van der Waals surface area contributed by atoms with Crippen LogP contribution in [0.3, 0.4) is 0 Å². The Labute approximate surface area is 119 Å². The molecule has 3 nitrogen and oxygen atoms in total. The summed E-state index contributed by atoms with van der Waals surface area (Å²) in [5, 5.41) is 10.2. The maximum Gasteiger partial charge on any atom is 0.0537 e. The van der Waals surface area contributed by atoms with Crippen LogP contribution in [0.1, 0.15) is 56.1 Å². The summed E-state index contributed by atoms with van der Waals surface area (Å²) < 4.78 is 1.98. The van der Waals surface area contributed by atoms with Crippen LogP contribution in [0.5, 0.6) is 0 Å². The molecular formula is C15H23N3S. The second kappa shape index (κ2) is 6.87. The van der Waals surface area contributed by atoms with Crippen LogP contribution in [-0.2, 0) is 6.54 Å². The Morgan fingerprint density at radius 3 is 2.84 bits per heavy atom. The van der Waals surface area contributed by atoms with E-state index < -0.39 is 0 Å². The lowest BCUT2D eigenvalue weighted by atomic mass is 10.1. The summed E-state index contributed by atoms with van der Waals surface area (Å²) in [6, 6.07) is 5.13. The van der Waals surface area contributed by atoms with Gasteiger partial charge in [-0.3, -0.25) is 4.68 Å². The fourth-order valence-electron chi connectivity index (χ4n) is 2.26. The molecule has 0 amide bonds. The number of aromatic nitrogens is 2. The molecule has 2 heterocycles. The van der Waals surface area contributed by atoms with Gasteiger partial charge in [0.2, 0.25) is 0 Å². The van der Waals surface area contributed by atoms with Gasteiger partial charge >= 0.3 is 0 Å². The van der Waals surface area contributed by atoms with E-state index in [1.54, 1.807) is 0 Å². The smallest absolute Gasteiger partial charge is 0.0537 e. The number of thiophene rings is 1. The Morgan fingerprint density at radius 2 is 2.26 bits per heavy atom. The van der Waals surface area contributed by atoms with Crippen LogP contribution in [-0.4, -0.2) is 9.78 Å². The summed E-state index contributed by atoms with van der Waals surface area (Å²) in [5.41, 5.74) is 1.26. The van der Waals surface area contributed by atoms with Crippen LogP contribution < -0.4 is 5.32 Å². The van der Waals surface area contributed by atoms with Gasteiger partial charge in [0.1, 0.15) is 0 Å². The molecule has 0 aromatic carbocycles. The standard InChI is InChI=1S/C15H23N3S/c1-4-7-14(15-8-6-9-19-15)17-12(3)13-10-16-18(5-2)11-13/h6,8-12,14,17H,4-5,7H2,1-3H3. The van der Waals surface area contributed by atoms with E-state index in [0.717, 1.165) is 6.54 Å². The summed E-state index contributed by atoms with van der Waals surface area (Å²) in [6.07, 6.45) is 6.47. The Kier molecular flexibility index (Phi) is 5.16. The largest absolute Gasteiger partial charge is 0.302 e.